The normalized spacial score (nSPS) is 10.8. The smallest absolute Gasteiger partial charge is 0.264 e. The van der Waals surface area contributed by atoms with Crippen molar-refractivity contribution in [3.63, 3.8) is 0 Å². The van der Waals surface area contributed by atoms with Crippen LogP contribution in [0.15, 0.2) is 82.2 Å². The fraction of sp³-hybridized carbons (Fsp3) is 0.130. The Hall–Kier alpha value is -3.15. The summed E-state index contributed by atoms with van der Waals surface area (Å²) in [6, 6.07) is 19.6. The number of nitrogens with one attached hydrogen (secondary N) is 3. The molecule has 3 rings (SSSR count). The Morgan fingerprint density at radius 1 is 0.882 bits per heavy atom. The van der Waals surface area contributed by atoms with Crippen LogP contribution in [-0.4, -0.2) is 32.7 Å². The van der Waals surface area contributed by atoms with Gasteiger partial charge in [-0.2, -0.15) is 0 Å². The van der Waals surface area contributed by atoms with Crippen molar-refractivity contribution in [3.8, 4) is 11.5 Å². The molecule has 0 fully saturated rings. The Labute approximate surface area is 211 Å². The molecule has 0 radical (unpaired) electrons. The standard InChI is InChI=1S/C23H22BrN3O5S2/c1-2-31-19-11-5-18(6-12-19)27-34(29,30)21-13-7-17(8-14-21)25-23(33)26-22(28)15-32-20-9-3-16(24)4-10-20/h3-14,27H,2,15H2,1H3,(H2,25,26,28,33). The van der Waals surface area contributed by atoms with E-state index in [4.69, 9.17) is 21.7 Å². The van der Waals surface area contributed by atoms with Crippen molar-refractivity contribution < 1.29 is 22.7 Å². The van der Waals surface area contributed by atoms with Gasteiger partial charge in [0.05, 0.1) is 11.5 Å². The maximum Gasteiger partial charge on any atom is 0.264 e. The first-order chi connectivity index (χ1) is 16.2. The highest BCUT2D eigenvalue weighted by Gasteiger charge is 2.14. The minimum Gasteiger partial charge on any atom is -0.494 e. The predicted octanol–water partition coefficient (Wildman–Crippen LogP) is 4.54. The molecule has 0 saturated heterocycles. The number of hydrogen-bond acceptors (Lipinski definition) is 6. The third-order valence-corrected chi connectivity index (χ3v) is 6.41. The fourth-order valence-corrected chi connectivity index (χ4v) is 4.28. The van der Waals surface area contributed by atoms with E-state index < -0.39 is 15.9 Å². The maximum absolute atomic E-state index is 12.6. The average Bonchev–Trinajstić information content (AvgIpc) is 2.80. The number of benzene rings is 3. The molecule has 3 aromatic carbocycles. The molecule has 178 valence electrons. The van der Waals surface area contributed by atoms with Crippen molar-refractivity contribution >= 4 is 60.6 Å². The third kappa shape index (κ3) is 7.72. The van der Waals surface area contributed by atoms with Gasteiger partial charge in [-0.3, -0.25) is 14.8 Å². The molecule has 3 N–H and O–H groups in total. The highest BCUT2D eigenvalue weighted by atomic mass is 79.9. The minimum absolute atomic E-state index is 0.0625. The Morgan fingerprint density at radius 2 is 1.44 bits per heavy atom. The monoisotopic (exact) mass is 563 g/mol. The van der Waals surface area contributed by atoms with Crippen molar-refractivity contribution in [2.24, 2.45) is 0 Å². The Morgan fingerprint density at radius 3 is 2.06 bits per heavy atom. The van der Waals surface area contributed by atoms with Gasteiger partial charge in [-0.05, 0) is 91.9 Å². The van der Waals surface area contributed by atoms with Gasteiger partial charge >= 0.3 is 0 Å². The van der Waals surface area contributed by atoms with Crippen LogP contribution in [0.4, 0.5) is 11.4 Å². The molecule has 0 spiro atoms. The summed E-state index contributed by atoms with van der Waals surface area (Å²) in [5, 5.41) is 5.40. The first kappa shape index (κ1) is 25.5. The van der Waals surface area contributed by atoms with E-state index in [9.17, 15) is 13.2 Å². The van der Waals surface area contributed by atoms with Crippen molar-refractivity contribution in [1.82, 2.24) is 5.32 Å². The van der Waals surface area contributed by atoms with Gasteiger partial charge in [0, 0.05) is 15.8 Å². The van der Waals surface area contributed by atoms with Gasteiger partial charge in [-0.25, -0.2) is 8.42 Å². The van der Waals surface area contributed by atoms with Crippen LogP contribution in [0.5, 0.6) is 11.5 Å². The quantitative estimate of drug-likeness (QED) is 0.328. The number of ether oxygens (including phenoxy) is 2. The lowest BCUT2D eigenvalue weighted by Gasteiger charge is -2.12. The Balaban J connectivity index is 1.51. The number of carbonyl (C=O) groups excluding carboxylic acids is 1. The van der Waals surface area contributed by atoms with Crippen LogP contribution in [0.1, 0.15) is 6.92 Å². The zero-order valence-corrected chi connectivity index (χ0v) is 21.3. The van der Waals surface area contributed by atoms with Gasteiger partial charge < -0.3 is 14.8 Å². The molecule has 0 saturated carbocycles. The molecule has 1 amide bonds. The number of thiocarbonyl (C=S) groups is 1. The number of hydrogen-bond donors (Lipinski definition) is 3. The largest absolute Gasteiger partial charge is 0.494 e. The molecule has 0 aliphatic carbocycles. The summed E-state index contributed by atoms with van der Waals surface area (Å²) in [6.45, 7) is 2.19. The van der Waals surface area contributed by atoms with Gasteiger partial charge in [0.1, 0.15) is 11.5 Å². The van der Waals surface area contributed by atoms with Crippen molar-refractivity contribution in [2.45, 2.75) is 11.8 Å². The summed E-state index contributed by atoms with van der Waals surface area (Å²) in [5.41, 5.74) is 0.930. The lowest BCUT2D eigenvalue weighted by atomic mass is 10.3. The first-order valence-corrected chi connectivity index (χ1v) is 12.8. The van der Waals surface area contributed by atoms with E-state index in [2.05, 4.69) is 31.3 Å². The second-order valence-electron chi connectivity index (χ2n) is 6.83. The number of amides is 1. The number of rotatable bonds is 9. The molecule has 8 nitrogen and oxygen atoms in total. The van der Waals surface area contributed by atoms with E-state index in [0.29, 0.717) is 29.5 Å². The highest BCUT2D eigenvalue weighted by Crippen LogP contribution is 2.21. The van der Waals surface area contributed by atoms with Gasteiger partial charge in [0.15, 0.2) is 11.7 Å². The topological polar surface area (TPSA) is 106 Å². The molecule has 0 aromatic heterocycles. The van der Waals surface area contributed by atoms with E-state index in [1.807, 2.05) is 6.92 Å². The third-order valence-electron chi connectivity index (χ3n) is 4.28. The molecular weight excluding hydrogens is 542 g/mol. The molecule has 0 bridgehead atoms. The molecule has 34 heavy (non-hydrogen) atoms. The summed E-state index contributed by atoms with van der Waals surface area (Å²) in [5.74, 6) is 0.774. The van der Waals surface area contributed by atoms with Crippen LogP contribution < -0.4 is 24.8 Å². The summed E-state index contributed by atoms with van der Waals surface area (Å²) in [4.78, 5) is 12.1. The van der Waals surface area contributed by atoms with E-state index >= 15 is 0 Å². The maximum atomic E-state index is 12.6. The van der Waals surface area contributed by atoms with E-state index in [0.717, 1.165) is 4.47 Å². The zero-order chi connectivity index (χ0) is 24.6. The second-order valence-corrected chi connectivity index (χ2v) is 9.84. The van der Waals surface area contributed by atoms with Crippen LogP contribution >= 0.6 is 28.1 Å². The fourth-order valence-electron chi connectivity index (χ4n) is 2.72. The van der Waals surface area contributed by atoms with E-state index in [-0.39, 0.29) is 16.6 Å². The predicted molar refractivity (Wildman–Crippen MR) is 139 cm³/mol. The Kier molecular flexibility index (Phi) is 8.85. The minimum atomic E-state index is -3.78. The second kappa shape index (κ2) is 11.8. The number of anilines is 2. The van der Waals surface area contributed by atoms with Crippen molar-refractivity contribution in [3.05, 3.63) is 77.3 Å². The van der Waals surface area contributed by atoms with Crippen molar-refractivity contribution in [2.75, 3.05) is 23.3 Å². The summed E-state index contributed by atoms with van der Waals surface area (Å²) >= 11 is 8.46. The van der Waals surface area contributed by atoms with E-state index in [1.54, 1.807) is 60.7 Å². The molecule has 11 heteroatoms. The molecule has 3 aromatic rings. The zero-order valence-electron chi connectivity index (χ0n) is 18.1. The SMILES string of the molecule is CCOc1ccc(NS(=O)(=O)c2ccc(NC(=S)NC(=O)COc3ccc(Br)cc3)cc2)cc1. The summed E-state index contributed by atoms with van der Waals surface area (Å²) < 4.78 is 39.4. The number of carbonyl (C=O) groups is 1. The van der Waals surface area contributed by atoms with Crippen LogP contribution in [0.2, 0.25) is 0 Å². The van der Waals surface area contributed by atoms with Crippen LogP contribution in [0.3, 0.4) is 0 Å². The van der Waals surface area contributed by atoms with Gasteiger partial charge in [0.2, 0.25) is 0 Å². The molecule has 0 aliphatic heterocycles. The van der Waals surface area contributed by atoms with Gasteiger partial charge in [0.25, 0.3) is 15.9 Å². The summed E-state index contributed by atoms with van der Waals surface area (Å²) in [7, 11) is -3.78. The molecule has 0 atom stereocenters. The Bertz CT molecular complexity index is 1230. The molecular formula is C23H22BrN3O5S2. The highest BCUT2D eigenvalue weighted by molar-refractivity contribution is 9.10. The summed E-state index contributed by atoms with van der Waals surface area (Å²) in [6.07, 6.45) is 0. The van der Waals surface area contributed by atoms with Crippen LogP contribution in [0, 0.1) is 0 Å². The van der Waals surface area contributed by atoms with Crippen LogP contribution in [0.25, 0.3) is 0 Å². The average molecular weight is 564 g/mol. The molecule has 0 unspecified atom stereocenters. The lowest BCUT2D eigenvalue weighted by molar-refractivity contribution is -0.121. The number of halogens is 1. The lowest BCUT2D eigenvalue weighted by Crippen LogP contribution is -2.37. The van der Waals surface area contributed by atoms with E-state index in [1.165, 1.54) is 12.1 Å². The number of sulfonamides is 1. The van der Waals surface area contributed by atoms with Gasteiger partial charge in [-0.1, -0.05) is 15.9 Å². The van der Waals surface area contributed by atoms with Crippen molar-refractivity contribution in [1.29, 1.82) is 0 Å². The molecule has 0 heterocycles. The van der Waals surface area contributed by atoms with Gasteiger partial charge in [-0.15, -0.1) is 0 Å². The van der Waals surface area contributed by atoms with Crippen LogP contribution in [-0.2, 0) is 14.8 Å². The molecule has 0 aliphatic rings. The first-order valence-electron chi connectivity index (χ1n) is 10.1.